The maximum Gasteiger partial charge on any atom is 0.180 e. The first-order valence-electron chi connectivity index (χ1n) is 4.86. The Labute approximate surface area is 108 Å². The zero-order chi connectivity index (χ0) is 12.3. The summed E-state index contributed by atoms with van der Waals surface area (Å²) in [6, 6.07) is 7.00. The van der Waals surface area contributed by atoms with Crippen molar-refractivity contribution in [2.45, 2.75) is 13.8 Å². The van der Waals surface area contributed by atoms with Crippen LogP contribution in [0.5, 0.6) is 0 Å². The second-order valence-corrected chi connectivity index (χ2v) is 5.11. The molecule has 0 saturated carbocycles. The fraction of sp³-hybridized carbons (Fsp3) is 0.333. The van der Waals surface area contributed by atoms with Gasteiger partial charge in [-0.05, 0) is 34.0 Å². The summed E-state index contributed by atoms with van der Waals surface area (Å²) < 4.78 is 0.740. The highest BCUT2D eigenvalue weighted by Gasteiger charge is 2.23. The molecule has 0 aliphatic rings. The largest absolute Gasteiger partial charge is 0.293 e. The van der Waals surface area contributed by atoms with E-state index >= 15 is 0 Å². The van der Waals surface area contributed by atoms with E-state index in [1.54, 1.807) is 18.2 Å². The Morgan fingerprint density at radius 3 is 2.56 bits per heavy atom. The summed E-state index contributed by atoms with van der Waals surface area (Å²) in [5.41, 5.74) is 0.480. The molecule has 0 bridgehead atoms. The highest BCUT2D eigenvalue weighted by Crippen LogP contribution is 2.25. The van der Waals surface area contributed by atoms with E-state index in [1.165, 1.54) is 0 Å². The van der Waals surface area contributed by atoms with Crippen LogP contribution in [0.4, 0.5) is 0 Å². The van der Waals surface area contributed by atoms with Crippen LogP contribution in [-0.4, -0.2) is 5.78 Å². The van der Waals surface area contributed by atoms with Crippen LogP contribution in [0, 0.1) is 23.2 Å². The van der Waals surface area contributed by atoms with Crippen molar-refractivity contribution in [3.63, 3.8) is 0 Å². The molecule has 0 N–H and O–H groups in total. The molecule has 1 aromatic rings. The summed E-state index contributed by atoms with van der Waals surface area (Å²) in [7, 11) is 0. The Balaban J connectivity index is 3.06. The minimum atomic E-state index is -0.614. The fourth-order valence-electron chi connectivity index (χ4n) is 1.34. The summed E-state index contributed by atoms with van der Waals surface area (Å²) >= 11 is 9.16. The molecule has 1 rings (SSSR count). The van der Waals surface area contributed by atoms with E-state index in [0.29, 0.717) is 10.6 Å². The minimum absolute atomic E-state index is 0.0000719. The van der Waals surface area contributed by atoms with Crippen LogP contribution < -0.4 is 0 Å². The number of ketones is 1. The van der Waals surface area contributed by atoms with E-state index in [9.17, 15) is 4.79 Å². The van der Waals surface area contributed by atoms with Crippen LogP contribution in [-0.2, 0) is 0 Å². The van der Waals surface area contributed by atoms with Gasteiger partial charge in [0.05, 0.1) is 11.1 Å². The molecule has 0 aromatic heterocycles. The van der Waals surface area contributed by atoms with Crippen LogP contribution in [0.2, 0.25) is 5.02 Å². The number of nitriles is 1. The van der Waals surface area contributed by atoms with Crippen molar-refractivity contribution < 1.29 is 4.79 Å². The fourth-order valence-corrected chi connectivity index (χ4v) is 1.77. The van der Waals surface area contributed by atoms with Crippen molar-refractivity contribution in [1.29, 1.82) is 5.26 Å². The topological polar surface area (TPSA) is 40.9 Å². The van der Waals surface area contributed by atoms with Gasteiger partial charge in [0.15, 0.2) is 5.78 Å². The van der Waals surface area contributed by atoms with Gasteiger partial charge in [-0.25, -0.2) is 0 Å². The van der Waals surface area contributed by atoms with Gasteiger partial charge in [-0.15, -0.1) is 0 Å². The van der Waals surface area contributed by atoms with Gasteiger partial charge in [0.2, 0.25) is 0 Å². The van der Waals surface area contributed by atoms with Crippen LogP contribution in [0.3, 0.4) is 0 Å². The first-order valence-corrected chi connectivity index (χ1v) is 6.03. The van der Waals surface area contributed by atoms with Gasteiger partial charge in [-0.3, -0.25) is 4.79 Å². The SMILES string of the molecule is CC(C)C(C#N)C(=O)c1ccc(Br)c(Cl)c1. The van der Waals surface area contributed by atoms with Gasteiger partial charge in [-0.1, -0.05) is 31.5 Å². The molecule has 0 spiro atoms. The lowest BCUT2D eigenvalue weighted by Crippen LogP contribution is -2.18. The van der Waals surface area contributed by atoms with Crippen LogP contribution in [0.15, 0.2) is 22.7 Å². The summed E-state index contributed by atoms with van der Waals surface area (Å²) in [5.74, 6) is -0.788. The van der Waals surface area contributed by atoms with Crippen molar-refractivity contribution in [1.82, 2.24) is 0 Å². The zero-order valence-electron chi connectivity index (χ0n) is 9.00. The third kappa shape index (κ3) is 2.84. The zero-order valence-corrected chi connectivity index (χ0v) is 11.3. The van der Waals surface area contributed by atoms with E-state index in [2.05, 4.69) is 15.9 Å². The molecule has 2 nitrogen and oxygen atoms in total. The van der Waals surface area contributed by atoms with Gasteiger partial charge in [0, 0.05) is 10.0 Å². The number of rotatable bonds is 3. The van der Waals surface area contributed by atoms with Crippen LogP contribution >= 0.6 is 27.5 Å². The van der Waals surface area contributed by atoms with Gasteiger partial charge >= 0.3 is 0 Å². The molecule has 1 unspecified atom stereocenters. The molecule has 1 atom stereocenters. The Bertz CT molecular complexity index is 451. The number of hydrogen-bond donors (Lipinski definition) is 0. The van der Waals surface area contributed by atoms with Crippen molar-refractivity contribution in [3.05, 3.63) is 33.3 Å². The Hall–Kier alpha value is -0.850. The number of hydrogen-bond acceptors (Lipinski definition) is 2. The smallest absolute Gasteiger partial charge is 0.180 e. The lowest BCUT2D eigenvalue weighted by Gasteiger charge is -2.11. The molecule has 1 aromatic carbocycles. The van der Waals surface area contributed by atoms with Crippen molar-refractivity contribution in [3.8, 4) is 6.07 Å². The van der Waals surface area contributed by atoms with Crippen molar-refractivity contribution in [2.24, 2.45) is 11.8 Å². The molecule has 0 radical (unpaired) electrons. The third-order valence-electron chi connectivity index (χ3n) is 2.29. The third-order valence-corrected chi connectivity index (χ3v) is 3.52. The van der Waals surface area contributed by atoms with Gasteiger partial charge < -0.3 is 0 Å². The molecule has 0 amide bonds. The predicted molar refractivity (Wildman–Crippen MR) is 67.4 cm³/mol. The van der Waals surface area contributed by atoms with E-state index < -0.39 is 5.92 Å². The monoisotopic (exact) mass is 299 g/mol. The Morgan fingerprint density at radius 2 is 2.12 bits per heavy atom. The molecule has 16 heavy (non-hydrogen) atoms. The number of carbonyl (C=O) groups excluding carboxylic acids is 1. The number of Topliss-reactive ketones (excluding diaryl/α,β-unsaturated/α-hetero) is 1. The van der Waals surface area contributed by atoms with E-state index in [4.69, 9.17) is 16.9 Å². The molecular formula is C12H11BrClNO. The first kappa shape index (κ1) is 13.2. The highest BCUT2D eigenvalue weighted by molar-refractivity contribution is 9.10. The van der Waals surface area contributed by atoms with E-state index in [0.717, 1.165) is 4.47 Å². The molecular weight excluding hydrogens is 289 g/mol. The Morgan fingerprint density at radius 1 is 1.50 bits per heavy atom. The average molecular weight is 301 g/mol. The summed E-state index contributed by atoms with van der Waals surface area (Å²) in [6.07, 6.45) is 0. The molecule has 0 aliphatic carbocycles. The standard InChI is InChI=1S/C12H11BrClNO/c1-7(2)9(6-15)12(16)8-3-4-10(13)11(14)5-8/h3-5,7,9H,1-2H3. The first-order chi connectivity index (χ1) is 7.47. The van der Waals surface area contributed by atoms with E-state index in [-0.39, 0.29) is 11.7 Å². The molecule has 4 heteroatoms. The predicted octanol–water partition coefficient (Wildman–Crippen LogP) is 4.08. The van der Waals surface area contributed by atoms with E-state index in [1.807, 2.05) is 19.9 Å². The molecule has 84 valence electrons. The molecule has 0 fully saturated rings. The van der Waals surface area contributed by atoms with Crippen molar-refractivity contribution in [2.75, 3.05) is 0 Å². The maximum atomic E-state index is 12.0. The highest BCUT2D eigenvalue weighted by atomic mass is 79.9. The normalized spacial score (nSPS) is 12.2. The van der Waals surface area contributed by atoms with Gasteiger partial charge in [-0.2, -0.15) is 5.26 Å². The number of carbonyl (C=O) groups is 1. The summed E-state index contributed by atoms with van der Waals surface area (Å²) in [4.78, 5) is 12.0. The average Bonchev–Trinajstić information content (AvgIpc) is 2.22. The minimum Gasteiger partial charge on any atom is -0.293 e. The lowest BCUT2D eigenvalue weighted by atomic mass is 9.89. The van der Waals surface area contributed by atoms with Crippen LogP contribution in [0.1, 0.15) is 24.2 Å². The lowest BCUT2D eigenvalue weighted by molar-refractivity contribution is 0.0924. The second-order valence-electron chi connectivity index (χ2n) is 3.84. The molecule has 0 aliphatic heterocycles. The maximum absolute atomic E-state index is 12.0. The van der Waals surface area contributed by atoms with Gasteiger partial charge in [0.1, 0.15) is 5.92 Å². The second kappa shape index (κ2) is 5.47. The quantitative estimate of drug-likeness (QED) is 0.789. The van der Waals surface area contributed by atoms with Crippen molar-refractivity contribution >= 4 is 33.3 Å². The molecule has 0 heterocycles. The number of nitrogens with zero attached hydrogens (tertiary/aromatic N) is 1. The van der Waals surface area contributed by atoms with Gasteiger partial charge in [0.25, 0.3) is 0 Å². The Kier molecular flexibility index (Phi) is 4.52. The molecule has 0 saturated heterocycles. The number of benzene rings is 1. The summed E-state index contributed by atoms with van der Waals surface area (Å²) in [5, 5.41) is 9.42. The summed E-state index contributed by atoms with van der Waals surface area (Å²) in [6.45, 7) is 3.71. The van der Waals surface area contributed by atoms with Crippen LogP contribution in [0.25, 0.3) is 0 Å². The number of halogens is 2.